The summed E-state index contributed by atoms with van der Waals surface area (Å²) in [6.07, 6.45) is 0. The molecule has 1 aromatic heterocycles. The van der Waals surface area contributed by atoms with Crippen LogP contribution in [0, 0.1) is 6.92 Å². The van der Waals surface area contributed by atoms with Gasteiger partial charge in [0.15, 0.2) is 4.34 Å². The van der Waals surface area contributed by atoms with E-state index in [-0.39, 0.29) is 11.7 Å². The molecule has 0 fully saturated rings. The van der Waals surface area contributed by atoms with E-state index < -0.39 is 5.97 Å². The number of carboxylic acid groups (broad SMARTS) is 1. The molecule has 0 radical (unpaired) electrons. The van der Waals surface area contributed by atoms with Crippen molar-refractivity contribution in [1.82, 2.24) is 10.2 Å². The summed E-state index contributed by atoms with van der Waals surface area (Å²) in [5.74, 6) is -1.31. The van der Waals surface area contributed by atoms with Crippen LogP contribution >= 0.6 is 39.0 Å². The second kappa shape index (κ2) is 7.01. The first-order valence-electron chi connectivity index (χ1n) is 5.71. The molecule has 0 saturated heterocycles. The summed E-state index contributed by atoms with van der Waals surface area (Å²) in [4.78, 5) is 22.6. The van der Waals surface area contributed by atoms with Crippen molar-refractivity contribution in [3.63, 3.8) is 0 Å². The quantitative estimate of drug-likeness (QED) is 0.604. The van der Waals surface area contributed by atoms with E-state index >= 15 is 0 Å². The summed E-state index contributed by atoms with van der Waals surface area (Å²) in [7, 11) is 0. The van der Waals surface area contributed by atoms with Crippen molar-refractivity contribution in [2.45, 2.75) is 11.3 Å². The Morgan fingerprint density at radius 3 is 2.90 bits per heavy atom. The van der Waals surface area contributed by atoms with Crippen LogP contribution in [-0.2, 0) is 4.79 Å². The summed E-state index contributed by atoms with van der Waals surface area (Å²) >= 11 is 5.53. The molecule has 1 aromatic carbocycles. The Kier molecular flexibility index (Phi) is 5.32. The zero-order chi connectivity index (χ0) is 15.4. The number of thioether (sulfide) groups is 1. The third kappa shape index (κ3) is 4.51. The molecule has 21 heavy (non-hydrogen) atoms. The molecule has 2 rings (SSSR count). The van der Waals surface area contributed by atoms with Gasteiger partial charge in [-0.3, -0.25) is 14.9 Å². The number of amides is 1. The number of aliphatic carboxylic acids is 1. The van der Waals surface area contributed by atoms with Crippen molar-refractivity contribution in [2.24, 2.45) is 0 Å². The maximum Gasteiger partial charge on any atom is 0.313 e. The number of aromatic nitrogens is 2. The number of rotatable bonds is 5. The zero-order valence-electron chi connectivity index (χ0n) is 10.8. The van der Waals surface area contributed by atoms with Gasteiger partial charge in [0.25, 0.3) is 5.91 Å². The van der Waals surface area contributed by atoms with Gasteiger partial charge in [0.05, 0.1) is 11.3 Å². The Morgan fingerprint density at radius 2 is 2.19 bits per heavy atom. The minimum absolute atomic E-state index is 0.0913. The van der Waals surface area contributed by atoms with Crippen LogP contribution in [0.5, 0.6) is 0 Å². The topological polar surface area (TPSA) is 92.2 Å². The van der Waals surface area contributed by atoms with Crippen molar-refractivity contribution in [1.29, 1.82) is 0 Å². The van der Waals surface area contributed by atoms with Crippen LogP contribution in [0.3, 0.4) is 0 Å². The van der Waals surface area contributed by atoms with E-state index in [1.165, 1.54) is 0 Å². The molecule has 0 aliphatic heterocycles. The molecule has 6 nitrogen and oxygen atoms in total. The third-order valence-corrected chi connectivity index (χ3v) is 4.96. The Labute approximate surface area is 137 Å². The maximum absolute atomic E-state index is 12.2. The summed E-state index contributed by atoms with van der Waals surface area (Å²) < 4.78 is 1.19. The van der Waals surface area contributed by atoms with Crippen molar-refractivity contribution in [2.75, 3.05) is 11.1 Å². The highest BCUT2D eigenvalue weighted by atomic mass is 79.9. The first-order chi connectivity index (χ1) is 9.95. The lowest BCUT2D eigenvalue weighted by atomic mass is 10.1. The number of hydrogen-bond donors (Lipinski definition) is 2. The van der Waals surface area contributed by atoms with E-state index in [1.54, 1.807) is 12.1 Å². The van der Waals surface area contributed by atoms with Crippen LogP contribution in [0.2, 0.25) is 0 Å². The molecular formula is C12H10BrN3O3S2. The Morgan fingerprint density at radius 1 is 1.43 bits per heavy atom. The molecule has 0 bridgehead atoms. The highest BCUT2D eigenvalue weighted by molar-refractivity contribution is 9.10. The number of nitrogens with zero attached hydrogens (tertiary/aromatic N) is 2. The predicted octanol–water partition coefficient (Wildman–Crippen LogP) is 3.04. The number of nitrogens with one attached hydrogen (secondary N) is 1. The molecule has 2 N–H and O–H groups in total. The van der Waals surface area contributed by atoms with Gasteiger partial charge in [-0.25, -0.2) is 0 Å². The maximum atomic E-state index is 12.2. The lowest BCUT2D eigenvalue weighted by molar-refractivity contribution is -0.133. The summed E-state index contributed by atoms with van der Waals surface area (Å²) in [6, 6.07) is 5.46. The highest BCUT2D eigenvalue weighted by Gasteiger charge is 2.14. The first kappa shape index (κ1) is 15.9. The van der Waals surface area contributed by atoms with E-state index in [0.717, 1.165) is 28.7 Å². The van der Waals surface area contributed by atoms with Gasteiger partial charge in [-0.2, -0.15) is 0 Å². The fourth-order valence-electron chi connectivity index (χ4n) is 1.42. The molecule has 0 saturated carbocycles. The van der Waals surface area contributed by atoms with Crippen LogP contribution in [0.15, 0.2) is 27.0 Å². The van der Waals surface area contributed by atoms with Crippen LogP contribution in [-0.4, -0.2) is 32.9 Å². The molecule has 0 unspecified atom stereocenters. The zero-order valence-corrected chi connectivity index (χ0v) is 14.0. The molecule has 1 heterocycles. The number of carbonyl (C=O) groups excluding carboxylic acids is 1. The number of carbonyl (C=O) groups is 2. The summed E-state index contributed by atoms with van der Waals surface area (Å²) in [5.41, 5.74) is 1.48. The van der Waals surface area contributed by atoms with E-state index in [9.17, 15) is 9.59 Å². The number of benzene rings is 1. The molecule has 1 amide bonds. The standard InChI is InChI=1S/C12H10BrN3O3S2/c1-6-2-3-8(13)7(4-6)10(19)14-11-15-16-12(21-11)20-5-9(17)18/h2-4H,5H2,1H3,(H,17,18)(H,14,15,19). The van der Waals surface area contributed by atoms with Crippen molar-refractivity contribution >= 4 is 56.0 Å². The number of carboxylic acids is 1. The van der Waals surface area contributed by atoms with Gasteiger partial charge in [0.1, 0.15) is 0 Å². The molecule has 0 spiro atoms. The second-order valence-electron chi connectivity index (χ2n) is 3.99. The average molecular weight is 388 g/mol. The minimum atomic E-state index is -0.926. The van der Waals surface area contributed by atoms with E-state index in [1.807, 2.05) is 13.0 Å². The van der Waals surface area contributed by atoms with Crippen LogP contribution < -0.4 is 5.32 Å². The first-order valence-corrected chi connectivity index (χ1v) is 8.31. The third-order valence-electron chi connectivity index (χ3n) is 2.31. The van der Waals surface area contributed by atoms with Gasteiger partial charge in [-0.1, -0.05) is 34.7 Å². The number of halogens is 1. The lowest BCUT2D eigenvalue weighted by Crippen LogP contribution is -2.12. The van der Waals surface area contributed by atoms with Gasteiger partial charge >= 0.3 is 5.97 Å². The number of hydrogen-bond acceptors (Lipinski definition) is 6. The fourth-order valence-corrected chi connectivity index (χ4v) is 3.31. The smallest absolute Gasteiger partial charge is 0.313 e. The van der Waals surface area contributed by atoms with Crippen LogP contribution in [0.4, 0.5) is 5.13 Å². The highest BCUT2D eigenvalue weighted by Crippen LogP contribution is 2.26. The summed E-state index contributed by atoms with van der Waals surface area (Å²) in [6.45, 7) is 1.90. The molecule has 2 aromatic rings. The van der Waals surface area contributed by atoms with Crippen molar-refractivity contribution in [3.8, 4) is 0 Å². The molecule has 0 atom stereocenters. The van der Waals surface area contributed by atoms with Crippen molar-refractivity contribution < 1.29 is 14.7 Å². The Bertz CT molecular complexity index is 690. The number of anilines is 1. The van der Waals surface area contributed by atoms with Gasteiger partial charge < -0.3 is 5.11 Å². The predicted molar refractivity (Wildman–Crippen MR) is 85.1 cm³/mol. The van der Waals surface area contributed by atoms with Gasteiger partial charge in [0, 0.05) is 4.47 Å². The van der Waals surface area contributed by atoms with Crippen LogP contribution in [0.25, 0.3) is 0 Å². The fraction of sp³-hybridized carbons (Fsp3) is 0.167. The average Bonchev–Trinajstić information content (AvgIpc) is 2.86. The second-order valence-corrected chi connectivity index (χ2v) is 7.05. The van der Waals surface area contributed by atoms with Gasteiger partial charge in [0.2, 0.25) is 5.13 Å². The lowest BCUT2D eigenvalue weighted by Gasteiger charge is -2.04. The minimum Gasteiger partial charge on any atom is -0.481 e. The largest absolute Gasteiger partial charge is 0.481 e. The SMILES string of the molecule is Cc1ccc(Br)c(C(=O)Nc2nnc(SCC(=O)O)s2)c1. The summed E-state index contributed by atoms with van der Waals surface area (Å²) in [5, 5.41) is 19.2. The van der Waals surface area contributed by atoms with Crippen LogP contribution in [0.1, 0.15) is 15.9 Å². The monoisotopic (exact) mass is 387 g/mol. The molecule has 0 aliphatic carbocycles. The Hall–Kier alpha value is -1.45. The van der Waals surface area contributed by atoms with E-state index in [2.05, 4.69) is 31.4 Å². The van der Waals surface area contributed by atoms with Gasteiger partial charge in [-0.15, -0.1) is 10.2 Å². The molecular weight excluding hydrogens is 378 g/mol. The normalized spacial score (nSPS) is 10.4. The molecule has 0 aliphatic rings. The molecule has 9 heteroatoms. The Balaban J connectivity index is 2.06. The van der Waals surface area contributed by atoms with E-state index in [4.69, 9.17) is 5.11 Å². The van der Waals surface area contributed by atoms with Crippen molar-refractivity contribution in [3.05, 3.63) is 33.8 Å². The van der Waals surface area contributed by atoms with E-state index in [0.29, 0.717) is 19.5 Å². The number of aryl methyl sites for hydroxylation is 1. The van der Waals surface area contributed by atoms with Gasteiger partial charge in [-0.05, 0) is 35.0 Å². The molecule has 110 valence electrons.